The molecule has 0 saturated carbocycles. The summed E-state index contributed by atoms with van der Waals surface area (Å²) in [6.45, 7) is 0.677. The van der Waals surface area contributed by atoms with Crippen molar-refractivity contribution in [1.29, 1.82) is 0 Å². The fourth-order valence-electron chi connectivity index (χ4n) is 3.36. The Bertz CT molecular complexity index is 1330. The zero-order chi connectivity index (χ0) is 24.0. The Morgan fingerprint density at radius 2 is 1.91 bits per heavy atom. The van der Waals surface area contributed by atoms with E-state index in [1.54, 1.807) is 55.3 Å². The molecule has 0 atom stereocenters. The zero-order valence-electron chi connectivity index (χ0n) is 18.2. The molecule has 4 heterocycles. The first-order chi connectivity index (χ1) is 16.5. The summed E-state index contributed by atoms with van der Waals surface area (Å²) in [5.74, 6) is 1.62. The van der Waals surface area contributed by atoms with E-state index in [4.69, 9.17) is 19.2 Å². The lowest BCUT2D eigenvalue weighted by Gasteiger charge is -2.25. The van der Waals surface area contributed by atoms with E-state index in [1.165, 1.54) is 9.79 Å². The third kappa shape index (κ3) is 6.05. The van der Waals surface area contributed by atoms with Crippen molar-refractivity contribution in [3.05, 3.63) is 85.0 Å². The number of fused-ring (bicyclic) bond motifs is 1. The largest absolute Gasteiger partial charge is 0.468 e. The normalized spacial score (nSPS) is 12.9. The van der Waals surface area contributed by atoms with Crippen LogP contribution in [0.4, 0.5) is 0 Å². The van der Waals surface area contributed by atoms with E-state index in [9.17, 15) is 8.42 Å². The lowest BCUT2D eigenvalue weighted by Crippen LogP contribution is -2.35. The number of benzene rings is 1. The molecule has 13 heteroatoms. The Morgan fingerprint density at radius 3 is 2.54 bits per heavy atom. The smallest absolute Gasteiger partial charge is 0.243 e. The van der Waals surface area contributed by atoms with Crippen molar-refractivity contribution in [2.24, 2.45) is 0 Å². The molecule has 0 aliphatic carbocycles. The Morgan fingerprint density at radius 1 is 1.14 bits per heavy atom. The highest BCUT2D eigenvalue weighted by Gasteiger charge is 2.29. The van der Waals surface area contributed by atoms with Gasteiger partial charge in [-0.2, -0.15) is 4.31 Å². The molecule has 2 N–H and O–H groups in total. The molecule has 0 spiro atoms. The molecule has 35 heavy (non-hydrogen) atoms. The van der Waals surface area contributed by atoms with Crippen LogP contribution >= 0.6 is 12.4 Å². The molecule has 184 valence electrons. The molecule has 0 saturated heterocycles. The summed E-state index contributed by atoms with van der Waals surface area (Å²) >= 11 is 0. The van der Waals surface area contributed by atoms with Crippen LogP contribution in [0.3, 0.4) is 0 Å². The fraction of sp³-hybridized carbons (Fsp3) is 0.136. The van der Waals surface area contributed by atoms with Crippen LogP contribution in [0, 0.1) is 0 Å². The number of hydrogen-bond donors (Lipinski definition) is 2. The Kier molecular flexibility index (Phi) is 8.60. The van der Waals surface area contributed by atoms with Crippen LogP contribution in [0.5, 0.6) is 11.6 Å². The molecule has 4 aromatic rings. The first-order valence-electron chi connectivity index (χ1n) is 10.1. The second-order valence-electron chi connectivity index (χ2n) is 7.10. The van der Waals surface area contributed by atoms with Crippen LogP contribution in [-0.2, 0) is 27.8 Å². The van der Waals surface area contributed by atoms with Gasteiger partial charge in [0.15, 0.2) is 0 Å². The molecular formula is C22H22ClN5O6S. The van der Waals surface area contributed by atoms with Gasteiger partial charge in [0, 0.05) is 25.0 Å². The van der Waals surface area contributed by atoms with Gasteiger partial charge < -0.3 is 13.7 Å². The van der Waals surface area contributed by atoms with Crippen molar-refractivity contribution in [3.8, 4) is 17.3 Å². The van der Waals surface area contributed by atoms with E-state index in [0.29, 0.717) is 30.4 Å². The lowest BCUT2D eigenvalue weighted by atomic mass is 10.1. The van der Waals surface area contributed by atoms with Gasteiger partial charge in [0.05, 0.1) is 35.9 Å². The third-order valence-electron chi connectivity index (χ3n) is 5.05. The monoisotopic (exact) mass is 519 g/mol. The second kappa shape index (κ2) is 11.6. The molecule has 3 aromatic heterocycles. The predicted octanol–water partition coefficient (Wildman–Crippen LogP) is 2.94. The summed E-state index contributed by atoms with van der Waals surface area (Å²) in [6, 6.07) is 11.8. The summed E-state index contributed by atoms with van der Waals surface area (Å²) in [6.07, 6.45) is 9.31. The Hall–Kier alpha value is -3.71. The van der Waals surface area contributed by atoms with Gasteiger partial charge in [-0.1, -0.05) is 0 Å². The lowest BCUT2D eigenvalue weighted by molar-refractivity contribution is -0.116. The molecule has 1 aromatic carbocycles. The molecule has 1 aliphatic heterocycles. The average Bonchev–Trinajstić information content (AvgIpc) is 3.57. The number of halogens is 1. The number of carbonyl (C=O) groups excluding carboxylic acids is 1. The first kappa shape index (κ1) is 25.9. The second-order valence-corrected chi connectivity index (χ2v) is 9.04. The summed E-state index contributed by atoms with van der Waals surface area (Å²) in [4.78, 5) is 17.3. The minimum atomic E-state index is -3.61. The topological polar surface area (TPSA) is 140 Å². The van der Waals surface area contributed by atoms with Crippen molar-refractivity contribution in [3.63, 3.8) is 0 Å². The van der Waals surface area contributed by atoms with Gasteiger partial charge in [-0.3, -0.25) is 10.0 Å². The number of furan rings is 1. The van der Waals surface area contributed by atoms with Crippen LogP contribution in [0.25, 0.3) is 5.69 Å². The maximum atomic E-state index is 13.0. The summed E-state index contributed by atoms with van der Waals surface area (Å²) in [7, 11) is -3.61. The summed E-state index contributed by atoms with van der Waals surface area (Å²) in [5, 5.41) is 7.26. The third-order valence-corrected chi connectivity index (χ3v) is 6.91. The molecule has 0 unspecified atom stereocenters. The van der Waals surface area contributed by atoms with Crippen molar-refractivity contribution in [2.45, 2.75) is 17.9 Å². The number of rotatable bonds is 6. The predicted molar refractivity (Wildman–Crippen MR) is 126 cm³/mol. The zero-order valence-corrected chi connectivity index (χ0v) is 19.9. The maximum absolute atomic E-state index is 13.0. The number of pyridine rings is 1. The minimum Gasteiger partial charge on any atom is -0.468 e. The number of sulfonamides is 1. The number of amides is 1. The van der Waals surface area contributed by atoms with Gasteiger partial charge in [0.1, 0.15) is 11.5 Å². The van der Waals surface area contributed by atoms with Crippen molar-refractivity contribution in [2.75, 3.05) is 6.54 Å². The maximum Gasteiger partial charge on any atom is 0.243 e. The summed E-state index contributed by atoms with van der Waals surface area (Å²) < 4.78 is 40.3. The van der Waals surface area contributed by atoms with Crippen LogP contribution in [0.2, 0.25) is 0 Å². The van der Waals surface area contributed by atoms with Gasteiger partial charge >= 0.3 is 0 Å². The number of aromatic nitrogens is 3. The molecule has 1 aliphatic rings. The van der Waals surface area contributed by atoms with Gasteiger partial charge in [0.25, 0.3) is 0 Å². The minimum absolute atomic E-state index is 0. The molecule has 11 nitrogen and oxygen atoms in total. The van der Waals surface area contributed by atoms with E-state index in [1.807, 2.05) is 22.9 Å². The standard InChI is InChI=1S/C21H18N4O4S.CH3NO2.ClH/c26-30(27,25-10-7-16-8-12-28-20(16)14-25)19-4-2-18(3-5-19)29-21-6-1-17(13-23-21)24-11-9-22-15-24;3-1-2-4;/h1-6,8-9,11-13,15H,7,10,14H2;1,4H,(H,2,3);1H. The number of hydroxylamine groups is 1. The molecule has 0 fully saturated rings. The van der Waals surface area contributed by atoms with E-state index < -0.39 is 10.0 Å². The van der Waals surface area contributed by atoms with Crippen molar-refractivity contribution < 1.29 is 27.6 Å². The molecule has 0 bridgehead atoms. The van der Waals surface area contributed by atoms with Gasteiger partial charge in [-0.25, -0.2) is 23.9 Å². The van der Waals surface area contributed by atoms with E-state index in [2.05, 4.69) is 9.97 Å². The SMILES string of the molecule is Cl.O=CNO.O=S(=O)(c1ccc(Oc2ccc(-n3ccnc3)cn2)cc1)N1CCc2ccoc2C1. The van der Waals surface area contributed by atoms with E-state index in [0.717, 1.165) is 11.3 Å². The highest BCUT2D eigenvalue weighted by molar-refractivity contribution is 7.89. The highest BCUT2D eigenvalue weighted by Crippen LogP contribution is 2.27. The van der Waals surface area contributed by atoms with Gasteiger partial charge in [-0.15, -0.1) is 12.4 Å². The summed E-state index contributed by atoms with van der Waals surface area (Å²) in [5.41, 5.74) is 3.18. The molecular weight excluding hydrogens is 498 g/mol. The molecule has 1 amide bonds. The van der Waals surface area contributed by atoms with E-state index in [-0.39, 0.29) is 30.3 Å². The van der Waals surface area contributed by atoms with Crippen LogP contribution in [0.1, 0.15) is 11.3 Å². The highest BCUT2D eigenvalue weighted by atomic mass is 35.5. The molecule has 5 rings (SSSR count). The number of ether oxygens (including phenoxy) is 1. The van der Waals surface area contributed by atoms with E-state index >= 15 is 0 Å². The number of hydrogen-bond acceptors (Lipinski definition) is 8. The number of nitrogens with zero attached hydrogens (tertiary/aromatic N) is 4. The van der Waals surface area contributed by atoms with Crippen molar-refractivity contribution >= 4 is 28.8 Å². The Labute approximate surface area is 207 Å². The first-order valence-corrected chi connectivity index (χ1v) is 11.6. The van der Waals surface area contributed by atoms with Crippen LogP contribution in [-0.4, -0.2) is 45.4 Å². The van der Waals surface area contributed by atoms with Gasteiger partial charge in [-0.05, 0) is 48.4 Å². The molecule has 0 radical (unpaired) electrons. The number of imidazole rings is 1. The Balaban J connectivity index is 0.000000638. The number of nitrogens with one attached hydrogen (secondary N) is 1. The van der Waals surface area contributed by atoms with Crippen molar-refractivity contribution in [1.82, 2.24) is 24.3 Å². The van der Waals surface area contributed by atoms with Gasteiger partial charge in [0.2, 0.25) is 22.3 Å². The average molecular weight is 520 g/mol. The van der Waals surface area contributed by atoms with Crippen LogP contribution < -0.4 is 10.2 Å². The quantitative estimate of drug-likeness (QED) is 0.225. The van der Waals surface area contributed by atoms with Crippen LogP contribution in [0.15, 0.2) is 83.0 Å². The number of carbonyl (C=O) groups is 1. The fourth-order valence-corrected chi connectivity index (χ4v) is 4.76.